The number of hydrogen-bond donors (Lipinski definition) is 1. The Morgan fingerprint density at radius 2 is 2.10 bits per heavy atom. The molecule has 2 aromatic rings. The number of fused-ring (bicyclic) bond motifs is 1. The maximum Gasteiger partial charge on any atom is 0.416 e. The molecule has 4 nitrogen and oxygen atoms in total. The van der Waals surface area contributed by atoms with Crippen LogP contribution in [0.2, 0.25) is 0 Å². The van der Waals surface area contributed by atoms with Crippen LogP contribution in [0.5, 0.6) is 0 Å². The topological polar surface area (TPSA) is 42.7 Å². The fraction of sp³-hybridized carbons (Fsp3) is 0.385. The summed E-state index contributed by atoms with van der Waals surface area (Å²) in [4.78, 5) is 0. The molecule has 0 radical (unpaired) electrons. The van der Waals surface area contributed by atoms with Crippen molar-refractivity contribution in [3.05, 3.63) is 34.1 Å². The molecule has 21 heavy (non-hydrogen) atoms. The molecule has 0 bridgehead atoms. The molecule has 1 aromatic carbocycles. The van der Waals surface area contributed by atoms with Crippen LogP contribution in [0.25, 0.3) is 11.4 Å². The van der Waals surface area contributed by atoms with Crippen molar-refractivity contribution in [2.75, 3.05) is 6.54 Å². The van der Waals surface area contributed by atoms with E-state index in [2.05, 4.69) is 31.4 Å². The summed E-state index contributed by atoms with van der Waals surface area (Å²) in [5.41, 5.74) is -0.294. The Balaban J connectivity index is 2.13. The van der Waals surface area contributed by atoms with E-state index >= 15 is 0 Å². The number of rotatable bonds is 1. The van der Waals surface area contributed by atoms with Gasteiger partial charge in [0.15, 0.2) is 5.82 Å². The second-order valence-corrected chi connectivity index (χ2v) is 5.76. The van der Waals surface area contributed by atoms with Crippen LogP contribution in [-0.2, 0) is 12.7 Å². The zero-order valence-corrected chi connectivity index (χ0v) is 12.7. The molecule has 0 spiro atoms. The minimum atomic E-state index is -4.38. The average Bonchev–Trinajstić information content (AvgIpc) is 2.83. The molecule has 0 amide bonds. The highest BCUT2D eigenvalue weighted by molar-refractivity contribution is 9.10. The van der Waals surface area contributed by atoms with Crippen LogP contribution in [-0.4, -0.2) is 21.3 Å². The summed E-state index contributed by atoms with van der Waals surface area (Å²) in [6, 6.07) is 3.58. The molecule has 1 N–H and O–H groups in total. The highest BCUT2D eigenvalue weighted by atomic mass is 79.9. The van der Waals surface area contributed by atoms with Crippen LogP contribution >= 0.6 is 15.9 Å². The molecule has 1 aliphatic rings. The third-order valence-corrected chi connectivity index (χ3v) is 4.18. The van der Waals surface area contributed by atoms with Gasteiger partial charge in [0.25, 0.3) is 0 Å². The highest BCUT2D eigenvalue weighted by Gasteiger charge is 2.32. The Bertz CT molecular complexity index is 681. The van der Waals surface area contributed by atoms with E-state index in [1.165, 1.54) is 6.07 Å². The first-order valence-corrected chi connectivity index (χ1v) is 7.21. The molecule has 1 aromatic heterocycles. The van der Waals surface area contributed by atoms with Gasteiger partial charge in [-0.25, -0.2) is 0 Å². The lowest BCUT2D eigenvalue weighted by Crippen LogP contribution is -2.32. The number of halogens is 4. The highest BCUT2D eigenvalue weighted by Crippen LogP contribution is 2.36. The third-order valence-electron chi connectivity index (χ3n) is 3.49. The van der Waals surface area contributed by atoms with Crippen LogP contribution in [0.3, 0.4) is 0 Å². The first-order valence-electron chi connectivity index (χ1n) is 6.41. The molecule has 8 heteroatoms. The van der Waals surface area contributed by atoms with Crippen molar-refractivity contribution in [1.29, 1.82) is 0 Å². The van der Waals surface area contributed by atoms with E-state index in [1.807, 2.05) is 11.5 Å². The van der Waals surface area contributed by atoms with E-state index in [0.717, 1.165) is 24.5 Å². The van der Waals surface area contributed by atoms with Crippen molar-refractivity contribution in [2.24, 2.45) is 0 Å². The predicted molar refractivity (Wildman–Crippen MR) is 74.6 cm³/mol. The average molecular weight is 361 g/mol. The molecule has 2 heterocycles. The monoisotopic (exact) mass is 360 g/mol. The molecular formula is C13H12BrF3N4. The fourth-order valence-electron chi connectivity index (χ4n) is 2.41. The number of nitrogens with one attached hydrogen (secondary N) is 1. The number of benzene rings is 1. The smallest absolute Gasteiger partial charge is 0.308 e. The van der Waals surface area contributed by atoms with E-state index in [9.17, 15) is 13.2 Å². The lowest BCUT2D eigenvalue weighted by Gasteiger charge is -2.22. The maximum atomic E-state index is 12.9. The summed E-state index contributed by atoms with van der Waals surface area (Å²) in [6.45, 7) is 3.31. The van der Waals surface area contributed by atoms with Gasteiger partial charge in [0.1, 0.15) is 5.82 Å². The number of aromatic nitrogens is 3. The van der Waals surface area contributed by atoms with Crippen molar-refractivity contribution in [2.45, 2.75) is 25.7 Å². The first kappa shape index (κ1) is 14.5. The zero-order chi connectivity index (χ0) is 15.2. The van der Waals surface area contributed by atoms with Gasteiger partial charge in [-0.05, 0) is 25.1 Å². The molecule has 1 aliphatic heterocycles. The normalized spacial score (nSPS) is 18.6. The Morgan fingerprint density at radius 3 is 2.81 bits per heavy atom. The molecule has 1 unspecified atom stereocenters. The predicted octanol–water partition coefficient (Wildman–Crippen LogP) is 3.39. The Kier molecular flexibility index (Phi) is 3.53. The Hall–Kier alpha value is -1.41. The molecule has 112 valence electrons. The summed E-state index contributed by atoms with van der Waals surface area (Å²) in [7, 11) is 0. The Morgan fingerprint density at radius 1 is 1.33 bits per heavy atom. The number of alkyl halides is 3. The van der Waals surface area contributed by atoms with Crippen molar-refractivity contribution in [1.82, 2.24) is 20.1 Å². The summed E-state index contributed by atoms with van der Waals surface area (Å²) < 4.78 is 41.1. The summed E-state index contributed by atoms with van der Waals surface area (Å²) in [5.74, 6) is 1.19. The van der Waals surface area contributed by atoms with E-state index in [-0.39, 0.29) is 6.04 Å². The number of nitrogens with zero attached hydrogens (tertiary/aromatic N) is 3. The fourth-order valence-corrected chi connectivity index (χ4v) is 2.84. The molecular weight excluding hydrogens is 349 g/mol. The minimum absolute atomic E-state index is 0.0320. The zero-order valence-electron chi connectivity index (χ0n) is 11.1. The molecule has 0 saturated heterocycles. The maximum absolute atomic E-state index is 12.9. The third kappa shape index (κ3) is 2.57. The van der Waals surface area contributed by atoms with Crippen molar-refractivity contribution < 1.29 is 13.2 Å². The molecule has 3 rings (SSSR count). The van der Waals surface area contributed by atoms with Gasteiger partial charge in [0.05, 0.1) is 11.6 Å². The molecule has 0 saturated carbocycles. The summed E-state index contributed by atoms with van der Waals surface area (Å²) in [6.07, 6.45) is -4.38. The largest absolute Gasteiger partial charge is 0.416 e. The van der Waals surface area contributed by atoms with Gasteiger partial charge in [-0.15, -0.1) is 10.2 Å². The standard InChI is InChI=1S/C13H12BrF3N4/c1-7-11-19-20-12(21(11)5-4-18-7)9-6-8(13(15,16)17)2-3-10(9)14/h2-3,6-7,18H,4-5H2,1H3. The molecule has 0 aliphatic carbocycles. The van der Waals surface area contributed by atoms with Gasteiger partial charge in [-0.2, -0.15) is 13.2 Å². The van der Waals surface area contributed by atoms with Gasteiger partial charge < -0.3 is 9.88 Å². The second-order valence-electron chi connectivity index (χ2n) is 4.90. The van der Waals surface area contributed by atoms with Gasteiger partial charge in [0.2, 0.25) is 0 Å². The summed E-state index contributed by atoms with van der Waals surface area (Å²) >= 11 is 3.30. The van der Waals surface area contributed by atoms with Crippen molar-refractivity contribution in [3.63, 3.8) is 0 Å². The van der Waals surface area contributed by atoms with Crippen LogP contribution in [0.15, 0.2) is 22.7 Å². The lowest BCUT2D eigenvalue weighted by molar-refractivity contribution is -0.137. The van der Waals surface area contributed by atoms with E-state index < -0.39 is 11.7 Å². The van der Waals surface area contributed by atoms with Gasteiger partial charge in [-0.1, -0.05) is 15.9 Å². The van der Waals surface area contributed by atoms with Crippen LogP contribution in [0, 0.1) is 0 Å². The number of hydrogen-bond acceptors (Lipinski definition) is 3. The SMILES string of the molecule is CC1NCCn2c(-c3cc(C(F)(F)F)ccc3Br)nnc21. The van der Waals surface area contributed by atoms with Crippen LogP contribution in [0.4, 0.5) is 13.2 Å². The molecule has 1 atom stereocenters. The first-order chi connectivity index (χ1) is 9.88. The Labute approximate surface area is 127 Å². The van der Waals surface area contributed by atoms with Crippen molar-refractivity contribution >= 4 is 15.9 Å². The van der Waals surface area contributed by atoms with Gasteiger partial charge in [0, 0.05) is 23.1 Å². The van der Waals surface area contributed by atoms with Gasteiger partial charge in [-0.3, -0.25) is 0 Å². The van der Waals surface area contributed by atoms with E-state index in [4.69, 9.17) is 0 Å². The quantitative estimate of drug-likeness (QED) is 0.847. The van der Waals surface area contributed by atoms with Crippen LogP contribution in [0.1, 0.15) is 24.4 Å². The minimum Gasteiger partial charge on any atom is -0.308 e. The van der Waals surface area contributed by atoms with Crippen LogP contribution < -0.4 is 5.32 Å². The summed E-state index contributed by atoms with van der Waals surface area (Å²) in [5, 5.41) is 11.4. The molecule has 0 fully saturated rings. The second kappa shape index (κ2) is 5.10. The lowest BCUT2D eigenvalue weighted by atomic mass is 10.1. The van der Waals surface area contributed by atoms with E-state index in [1.54, 1.807) is 0 Å². The van der Waals surface area contributed by atoms with E-state index in [0.29, 0.717) is 22.4 Å². The van der Waals surface area contributed by atoms with Gasteiger partial charge >= 0.3 is 6.18 Å². The van der Waals surface area contributed by atoms with Crippen molar-refractivity contribution in [3.8, 4) is 11.4 Å².